The summed E-state index contributed by atoms with van der Waals surface area (Å²) in [6.07, 6.45) is -2.16. The van der Waals surface area contributed by atoms with E-state index in [1.807, 2.05) is 30.3 Å². The van der Waals surface area contributed by atoms with E-state index in [0.29, 0.717) is 23.7 Å². The van der Waals surface area contributed by atoms with E-state index in [2.05, 4.69) is 15.5 Å². The first-order chi connectivity index (χ1) is 14.0. The highest BCUT2D eigenvalue weighted by molar-refractivity contribution is 5.81. The van der Waals surface area contributed by atoms with Crippen molar-refractivity contribution in [3.8, 4) is 11.5 Å². The van der Waals surface area contributed by atoms with E-state index < -0.39 is 11.7 Å². The predicted octanol–water partition coefficient (Wildman–Crippen LogP) is 5.13. The molecule has 0 saturated heterocycles. The molecule has 0 aliphatic carbocycles. The van der Waals surface area contributed by atoms with Gasteiger partial charge in [-0.25, -0.2) is 4.98 Å². The van der Waals surface area contributed by atoms with Crippen LogP contribution in [0.15, 0.2) is 72.0 Å². The molecule has 2 aromatic carbocycles. The minimum atomic E-state index is -4.42. The third-order valence-corrected chi connectivity index (χ3v) is 3.91. The maximum Gasteiger partial charge on any atom is 0.417 e. The molecule has 0 saturated carbocycles. The van der Waals surface area contributed by atoms with E-state index in [-0.39, 0.29) is 5.82 Å². The zero-order valence-electron chi connectivity index (χ0n) is 15.5. The molecule has 8 heteroatoms. The number of hydrogen-bond donors (Lipinski definition) is 1. The van der Waals surface area contributed by atoms with Gasteiger partial charge in [-0.1, -0.05) is 30.3 Å². The summed E-state index contributed by atoms with van der Waals surface area (Å²) in [5, 5.41) is 4.00. The van der Waals surface area contributed by atoms with Crippen LogP contribution in [-0.2, 0) is 12.8 Å². The fourth-order valence-electron chi connectivity index (χ4n) is 2.42. The normalized spacial score (nSPS) is 11.4. The number of rotatable bonds is 7. The van der Waals surface area contributed by atoms with Crippen LogP contribution < -0.4 is 14.9 Å². The van der Waals surface area contributed by atoms with Crippen LogP contribution in [0.1, 0.15) is 16.7 Å². The molecule has 5 nitrogen and oxygen atoms in total. The molecule has 0 radical (unpaired) electrons. The van der Waals surface area contributed by atoms with Crippen molar-refractivity contribution in [2.75, 3.05) is 12.5 Å². The second-order valence-corrected chi connectivity index (χ2v) is 5.98. The van der Waals surface area contributed by atoms with Gasteiger partial charge in [-0.3, -0.25) is 5.43 Å². The van der Waals surface area contributed by atoms with Crippen LogP contribution in [0.2, 0.25) is 0 Å². The van der Waals surface area contributed by atoms with E-state index >= 15 is 0 Å². The molecule has 3 aromatic rings. The molecule has 0 fully saturated rings. The van der Waals surface area contributed by atoms with Crippen LogP contribution in [0.25, 0.3) is 0 Å². The Hall–Kier alpha value is -3.55. The molecule has 3 rings (SSSR count). The van der Waals surface area contributed by atoms with Gasteiger partial charge in [0, 0.05) is 6.20 Å². The Bertz CT molecular complexity index is 959. The van der Waals surface area contributed by atoms with Crippen LogP contribution in [0.3, 0.4) is 0 Å². The molecule has 0 unspecified atom stereocenters. The zero-order valence-corrected chi connectivity index (χ0v) is 15.5. The molecule has 0 atom stereocenters. The molecule has 0 spiro atoms. The lowest BCUT2D eigenvalue weighted by Gasteiger charge is -2.11. The van der Waals surface area contributed by atoms with Crippen LogP contribution in [0.4, 0.5) is 19.0 Å². The lowest BCUT2D eigenvalue weighted by Crippen LogP contribution is -2.05. The molecule has 0 bridgehead atoms. The van der Waals surface area contributed by atoms with Gasteiger partial charge in [-0.05, 0) is 41.5 Å². The Morgan fingerprint density at radius 1 is 1.03 bits per heavy atom. The average molecular weight is 401 g/mol. The van der Waals surface area contributed by atoms with Crippen LogP contribution in [0.5, 0.6) is 11.5 Å². The average Bonchev–Trinajstić information content (AvgIpc) is 2.73. The molecular weight excluding hydrogens is 383 g/mol. The number of ether oxygens (including phenoxy) is 2. The van der Waals surface area contributed by atoms with Gasteiger partial charge in [0.25, 0.3) is 0 Å². The fourth-order valence-corrected chi connectivity index (χ4v) is 2.42. The molecule has 0 aliphatic rings. The Balaban J connectivity index is 1.65. The van der Waals surface area contributed by atoms with Crippen molar-refractivity contribution in [1.29, 1.82) is 0 Å². The number of benzene rings is 2. The van der Waals surface area contributed by atoms with Crippen LogP contribution in [0, 0.1) is 0 Å². The van der Waals surface area contributed by atoms with Crippen LogP contribution in [-0.4, -0.2) is 18.3 Å². The summed E-state index contributed by atoms with van der Waals surface area (Å²) in [5.74, 6) is 1.33. The van der Waals surface area contributed by atoms with Crippen molar-refractivity contribution >= 4 is 12.0 Å². The van der Waals surface area contributed by atoms with Gasteiger partial charge >= 0.3 is 6.18 Å². The quantitative estimate of drug-likeness (QED) is 0.440. The monoisotopic (exact) mass is 401 g/mol. The Labute approximate surface area is 165 Å². The van der Waals surface area contributed by atoms with Gasteiger partial charge < -0.3 is 9.47 Å². The van der Waals surface area contributed by atoms with Crippen molar-refractivity contribution in [1.82, 2.24) is 4.98 Å². The number of pyridine rings is 1. The Morgan fingerprint density at radius 2 is 1.83 bits per heavy atom. The summed E-state index contributed by atoms with van der Waals surface area (Å²) in [4.78, 5) is 3.69. The summed E-state index contributed by atoms with van der Waals surface area (Å²) >= 11 is 0. The largest absolute Gasteiger partial charge is 0.493 e. The standard InChI is InChI=1S/C21H18F3N3O2/c1-28-18-9-7-16(11-19(18)29-14-15-5-3-2-4-6-15)12-26-27-20-10-8-17(13-25-20)21(22,23)24/h2-13H,14H2,1H3,(H,25,27)/b26-12+. The van der Waals surface area contributed by atoms with Crippen molar-refractivity contribution in [2.45, 2.75) is 12.8 Å². The molecule has 1 heterocycles. The van der Waals surface area contributed by atoms with Crippen molar-refractivity contribution in [2.24, 2.45) is 5.10 Å². The van der Waals surface area contributed by atoms with E-state index in [9.17, 15) is 13.2 Å². The lowest BCUT2D eigenvalue weighted by molar-refractivity contribution is -0.137. The number of halogens is 3. The number of hydrogen-bond acceptors (Lipinski definition) is 5. The third-order valence-electron chi connectivity index (χ3n) is 3.91. The van der Waals surface area contributed by atoms with Crippen molar-refractivity contribution < 1.29 is 22.6 Å². The maximum atomic E-state index is 12.6. The van der Waals surface area contributed by atoms with Crippen molar-refractivity contribution in [3.63, 3.8) is 0 Å². The number of nitrogens with one attached hydrogen (secondary N) is 1. The first-order valence-electron chi connectivity index (χ1n) is 8.63. The van der Waals surface area contributed by atoms with Gasteiger partial charge in [0.2, 0.25) is 0 Å². The van der Waals surface area contributed by atoms with E-state index in [1.54, 1.807) is 25.3 Å². The predicted molar refractivity (Wildman–Crippen MR) is 104 cm³/mol. The Morgan fingerprint density at radius 3 is 2.48 bits per heavy atom. The van der Waals surface area contributed by atoms with Crippen LogP contribution >= 0.6 is 0 Å². The highest BCUT2D eigenvalue weighted by Gasteiger charge is 2.30. The second-order valence-electron chi connectivity index (χ2n) is 5.98. The second kappa shape index (κ2) is 9.09. The number of hydrazone groups is 1. The van der Waals surface area contributed by atoms with Gasteiger partial charge in [0.05, 0.1) is 18.9 Å². The van der Waals surface area contributed by atoms with Gasteiger partial charge in [0.1, 0.15) is 12.4 Å². The summed E-state index contributed by atoms with van der Waals surface area (Å²) in [6, 6.07) is 17.1. The number of aromatic nitrogens is 1. The van der Waals surface area contributed by atoms with Gasteiger partial charge in [0.15, 0.2) is 11.5 Å². The zero-order chi connectivity index (χ0) is 20.7. The van der Waals surface area contributed by atoms with Gasteiger partial charge in [-0.2, -0.15) is 18.3 Å². The minimum absolute atomic E-state index is 0.198. The summed E-state index contributed by atoms with van der Waals surface area (Å²) in [7, 11) is 1.55. The summed E-state index contributed by atoms with van der Waals surface area (Å²) in [5.41, 5.74) is 3.51. The maximum absolute atomic E-state index is 12.6. The topological polar surface area (TPSA) is 55.7 Å². The molecule has 1 N–H and O–H groups in total. The SMILES string of the molecule is COc1ccc(/C=N/Nc2ccc(C(F)(F)F)cn2)cc1OCc1ccccc1. The summed E-state index contributed by atoms with van der Waals surface area (Å²) in [6.45, 7) is 0.380. The highest BCUT2D eigenvalue weighted by Crippen LogP contribution is 2.29. The summed E-state index contributed by atoms with van der Waals surface area (Å²) < 4.78 is 48.8. The molecule has 1 aromatic heterocycles. The van der Waals surface area contributed by atoms with E-state index in [4.69, 9.17) is 9.47 Å². The number of alkyl halides is 3. The van der Waals surface area contributed by atoms with Crippen molar-refractivity contribution in [3.05, 3.63) is 83.6 Å². The molecular formula is C21H18F3N3O2. The van der Waals surface area contributed by atoms with E-state index in [1.165, 1.54) is 12.3 Å². The third kappa shape index (κ3) is 5.71. The van der Waals surface area contributed by atoms with Gasteiger partial charge in [-0.15, -0.1) is 0 Å². The Kier molecular flexibility index (Phi) is 6.33. The lowest BCUT2D eigenvalue weighted by atomic mass is 10.2. The smallest absolute Gasteiger partial charge is 0.417 e. The number of anilines is 1. The molecule has 29 heavy (non-hydrogen) atoms. The number of methoxy groups -OCH3 is 1. The van der Waals surface area contributed by atoms with E-state index in [0.717, 1.165) is 17.8 Å². The fraction of sp³-hybridized carbons (Fsp3) is 0.143. The first-order valence-corrected chi connectivity index (χ1v) is 8.63. The molecule has 150 valence electrons. The highest BCUT2D eigenvalue weighted by atomic mass is 19.4. The molecule has 0 amide bonds. The number of nitrogens with zero attached hydrogens (tertiary/aromatic N) is 2. The first kappa shape index (κ1) is 20.2. The minimum Gasteiger partial charge on any atom is -0.493 e. The molecule has 0 aliphatic heterocycles.